The molecule has 1 atom stereocenters. The van der Waals surface area contributed by atoms with Crippen molar-refractivity contribution in [2.45, 2.75) is 19.3 Å². The van der Waals surface area contributed by atoms with Crippen LogP contribution < -0.4 is 20.2 Å². The lowest BCUT2D eigenvalue weighted by molar-refractivity contribution is -0.286. The van der Waals surface area contributed by atoms with E-state index in [1.54, 1.807) is 25.1 Å². The average molecular weight is 392 g/mol. The van der Waals surface area contributed by atoms with Gasteiger partial charge >= 0.3 is 6.29 Å². The molecule has 2 aromatic rings. The molecule has 0 fully saturated rings. The van der Waals surface area contributed by atoms with E-state index < -0.39 is 24.1 Å². The van der Waals surface area contributed by atoms with Crippen LogP contribution in [-0.4, -0.2) is 35.3 Å². The van der Waals surface area contributed by atoms with Crippen molar-refractivity contribution in [1.82, 2.24) is 15.4 Å². The third kappa shape index (κ3) is 3.22. The number of benzene rings is 1. The summed E-state index contributed by atoms with van der Waals surface area (Å²) in [6, 6.07) is 3.43. The molecule has 7 nitrogen and oxygen atoms in total. The van der Waals surface area contributed by atoms with Gasteiger partial charge < -0.3 is 19.8 Å². The minimum Gasteiger partial charge on any atom is -0.395 e. The molecule has 2 N–H and O–H groups in total. The summed E-state index contributed by atoms with van der Waals surface area (Å²) in [6.45, 7) is 1.73. The maximum atomic E-state index is 13.7. The second kappa shape index (κ2) is 6.41. The molecule has 4 rings (SSSR count). The first-order valence-corrected chi connectivity index (χ1v) is 8.26. The fourth-order valence-electron chi connectivity index (χ4n) is 3.05. The van der Waals surface area contributed by atoms with Crippen LogP contribution in [0.2, 0.25) is 0 Å². The fourth-order valence-corrected chi connectivity index (χ4v) is 3.05. The summed E-state index contributed by atoms with van der Waals surface area (Å²) >= 11 is 0. The van der Waals surface area contributed by atoms with Crippen LogP contribution >= 0.6 is 0 Å². The monoisotopic (exact) mass is 392 g/mol. The van der Waals surface area contributed by atoms with Gasteiger partial charge in [-0.2, -0.15) is 0 Å². The van der Waals surface area contributed by atoms with Gasteiger partial charge in [-0.25, -0.2) is 9.82 Å². The summed E-state index contributed by atoms with van der Waals surface area (Å²) in [5.74, 6) is -1.29. The number of aromatic nitrogens is 1. The quantitative estimate of drug-likeness (QED) is 0.837. The molecule has 146 valence electrons. The minimum atomic E-state index is -3.71. The second-order valence-electron chi connectivity index (χ2n) is 6.34. The van der Waals surface area contributed by atoms with Gasteiger partial charge in [-0.05, 0) is 36.8 Å². The number of hydrazine groups is 1. The van der Waals surface area contributed by atoms with Crippen LogP contribution in [0.3, 0.4) is 0 Å². The van der Waals surface area contributed by atoms with E-state index in [0.29, 0.717) is 16.8 Å². The Balaban J connectivity index is 1.59. The number of ether oxygens (including phenoxy) is 2. The van der Waals surface area contributed by atoms with E-state index in [-0.39, 0.29) is 17.2 Å². The van der Waals surface area contributed by atoms with E-state index in [1.807, 2.05) is 0 Å². The van der Waals surface area contributed by atoms with Gasteiger partial charge in [0.2, 0.25) is 5.91 Å². The summed E-state index contributed by atoms with van der Waals surface area (Å²) in [5, 5.41) is 4.06. The van der Waals surface area contributed by atoms with Crippen LogP contribution in [-0.2, 0) is 4.79 Å². The molecular formula is C18H15F3N4O3. The van der Waals surface area contributed by atoms with E-state index in [2.05, 4.69) is 25.2 Å². The standard InChI is InChI=1S/C18H15F3N4O3/c1-9-5-15-16(28-18(20,21)27-15)6-10(9)14-7-13(24-25(14)2)17(26)23-12-3-4-22-8-11(12)19/h3-8,13,24H,1-2H3,(H,22,23,26). The van der Waals surface area contributed by atoms with Gasteiger partial charge in [-0.15, -0.1) is 8.78 Å². The number of carbonyl (C=O) groups is 1. The van der Waals surface area contributed by atoms with E-state index in [1.165, 1.54) is 24.4 Å². The number of hydrogen-bond donors (Lipinski definition) is 2. The molecule has 2 aliphatic rings. The summed E-state index contributed by atoms with van der Waals surface area (Å²) in [6.07, 6.45) is 0.256. The largest absolute Gasteiger partial charge is 0.586 e. The lowest BCUT2D eigenvalue weighted by Gasteiger charge is -2.20. The molecule has 2 aliphatic heterocycles. The normalized spacial score (nSPS) is 19.5. The van der Waals surface area contributed by atoms with Crippen molar-refractivity contribution in [3.05, 3.63) is 53.6 Å². The molecule has 0 saturated carbocycles. The minimum absolute atomic E-state index is 0.00722. The molecule has 3 heterocycles. The predicted molar refractivity (Wildman–Crippen MR) is 92.9 cm³/mol. The van der Waals surface area contributed by atoms with Crippen LogP contribution in [0.4, 0.5) is 18.9 Å². The Morgan fingerprint density at radius 1 is 1.32 bits per heavy atom. The van der Waals surface area contributed by atoms with Crippen LogP contribution in [0.15, 0.2) is 36.7 Å². The van der Waals surface area contributed by atoms with Gasteiger partial charge in [-0.3, -0.25) is 9.78 Å². The topological polar surface area (TPSA) is 75.7 Å². The highest BCUT2D eigenvalue weighted by atomic mass is 19.3. The molecule has 0 spiro atoms. The van der Waals surface area contributed by atoms with E-state index in [0.717, 1.165) is 6.20 Å². The molecule has 0 bridgehead atoms. The highest BCUT2D eigenvalue weighted by Crippen LogP contribution is 2.44. The Kier molecular flexibility index (Phi) is 4.15. The number of carbonyl (C=O) groups excluding carboxylic acids is 1. The van der Waals surface area contributed by atoms with E-state index in [4.69, 9.17) is 0 Å². The number of nitrogens with one attached hydrogen (secondary N) is 2. The number of fused-ring (bicyclic) bond motifs is 1. The number of nitrogens with zero attached hydrogens (tertiary/aromatic N) is 2. The number of hydrogen-bond acceptors (Lipinski definition) is 6. The molecule has 1 unspecified atom stereocenters. The Morgan fingerprint density at radius 2 is 2.04 bits per heavy atom. The second-order valence-corrected chi connectivity index (χ2v) is 6.34. The lowest BCUT2D eigenvalue weighted by Crippen LogP contribution is -2.41. The van der Waals surface area contributed by atoms with E-state index >= 15 is 0 Å². The maximum absolute atomic E-state index is 13.7. The smallest absolute Gasteiger partial charge is 0.395 e. The Labute approximate surface area is 157 Å². The molecule has 1 aromatic carbocycles. The SMILES string of the molecule is Cc1cc2c(cc1C1=CC(C(=O)Nc3ccncc3F)NN1C)OC(F)(F)O2. The first-order chi connectivity index (χ1) is 13.2. The van der Waals surface area contributed by atoms with Crippen molar-refractivity contribution in [1.29, 1.82) is 0 Å². The molecule has 0 radical (unpaired) electrons. The molecule has 0 saturated heterocycles. The maximum Gasteiger partial charge on any atom is 0.586 e. The van der Waals surface area contributed by atoms with Crippen molar-refractivity contribution in [2.75, 3.05) is 12.4 Å². The zero-order valence-electron chi connectivity index (χ0n) is 14.8. The molecular weight excluding hydrogens is 377 g/mol. The van der Waals surface area contributed by atoms with Crippen molar-refractivity contribution >= 4 is 17.3 Å². The van der Waals surface area contributed by atoms with Gasteiger partial charge in [0, 0.05) is 18.8 Å². The van der Waals surface area contributed by atoms with Gasteiger partial charge in [0.05, 0.1) is 17.6 Å². The van der Waals surface area contributed by atoms with Crippen molar-refractivity contribution < 1.29 is 27.4 Å². The number of amides is 1. The number of rotatable bonds is 3. The predicted octanol–water partition coefficient (Wildman–Crippen LogP) is 2.65. The average Bonchev–Trinajstić information content (AvgIpc) is 3.14. The Hall–Kier alpha value is -3.27. The van der Waals surface area contributed by atoms with Crippen molar-refractivity contribution in [2.24, 2.45) is 0 Å². The summed E-state index contributed by atoms with van der Waals surface area (Å²) < 4.78 is 49.2. The van der Waals surface area contributed by atoms with Crippen LogP contribution in [0.5, 0.6) is 11.5 Å². The van der Waals surface area contributed by atoms with Gasteiger partial charge in [0.25, 0.3) is 0 Å². The lowest BCUT2D eigenvalue weighted by atomic mass is 10.0. The van der Waals surface area contributed by atoms with E-state index in [9.17, 15) is 18.0 Å². The van der Waals surface area contributed by atoms with Gasteiger partial charge in [-0.1, -0.05) is 0 Å². The summed E-state index contributed by atoms with van der Waals surface area (Å²) in [5.41, 5.74) is 4.75. The highest BCUT2D eigenvalue weighted by Gasteiger charge is 2.44. The number of aryl methyl sites for hydroxylation is 1. The third-order valence-electron chi connectivity index (χ3n) is 4.36. The Bertz CT molecular complexity index is 996. The molecule has 28 heavy (non-hydrogen) atoms. The number of anilines is 1. The van der Waals surface area contributed by atoms with Gasteiger partial charge in [0.1, 0.15) is 6.04 Å². The van der Waals surface area contributed by atoms with Crippen molar-refractivity contribution in [3.63, 3.8) is 0 Å². The zero-order valence-corrected chi connectivity index (χ0v) is 14.8. The van der Waals surface area contributed by atoms with Crippen LogP contribution in [0.1, 0.15) is 11.1 Å². The van der Waals surface area contributed by atoms with Crippen LogP contribution in [0.25, 0.3) is 5.70 Å². The molecule has 10 heteroatoms. The first-order valence-electron chi connectivity index (χ1n) is 8.26. The summed E-state index contributed by atoms with van der Waals surface area (Å²) in [4.78, 5) is 16.1. The third-order valence-corrected chi connectivity index (χ3v) is 4.36. The molecule has 1 aromatic heterocycles. The zero-order chi connectivity index (χ0) is 20.1. The highest BCUT2D eigenvalue weighted by molar-refractivity contribution is 5.98. The number of alkyl halides is 2. The number of pyridine rings is 1. The number of halogens is 3. The fraction of sp³-hybridized carbons (Fsp3) is 0.222. The molecule has 0 aliphatic carbocycles. The van der Waals surface area contributed by atoms with Gasteiger partial charge in [0.15, 0.2) is 17.3 Å². The van der Waals surface area contributed by atoms with Crippen LogP contribution in [0, 0.1) is 12.7 Å². The first kappa shape index (κ1) is 18.1. The molecule has 1 amide bonds. The van der Waals surface area contributed by atoms with Crippen molar-refractivity contribution in [3.8, 4) is 11.5 Å². The summed E-state index contributed by atoms with van der Waals surface area (Å²) in [7, 11) is 1.67. The Morgan fingerprint density at radius 3 is 2.75 bits per heavy atom.